The number of ether oxygens (including phenoxy) is 1. The van der Waals surface area contributed by atoms with Gasteiger partial charge in [-0.25, -0.2) is 4.79 Å². The van der Waals surface area contributed by atoms with Crippen LogP contribution in [0.2, 0.25) is 0 Å². The van der Waals surface area contributed by atoms with Crippen molar-refractivity contribution in [3.63, 3.8) is 0 Å². The smallest absolute Gasteiger partial charge is 0.410 e. The number of nitriles is 1. The Balaban J connectivity index is 0.00000191. The number of aliphatic imine (C=N–C) groups is 1. The van der Waals surface area contributed by atoms with Crippen molar-refractivity contribution in [2.45, 2.75) is 40.2 Å². The lowest BCUT2D eigenvalue weighted by Crippen LogP contribution is -2.51. The Labute approximate surface area is 132 Å². The molecule has 1 amide bonds. The summed E-state index contributed by atoms with van der Waals surface area (Å²) in [5.41, 5.74) is -0.471. The maximum absolute atomic E-state index is 11.9. The van der Waals surface area contributed by atoms with Gasteiger partial charge in [0.2, 0.25) is 6.19 Å². The molecule has 0 saturated carbocycles. The minimum absolute atomic E-state index is 0.282. The summed E-state index contributed by atoms with van der Waals surface area (Å²) in [6.45, 7) is 12.1. The second kappa shape index (κ2) is 9.50. The third-order valence-electron chi connectivity index (χ3n) is 2.53. The monoisotopic (exact) mass is 314 g/mol. The Morgan fingerprint density at radius 1 is 1.19 bits per heavy atom. The molecule has 0 atom stereocenters. The first-order valence-electron chi connectivity index (χ1n) is 7.11. The standard InChI is InChI=1S/C12H20N4O2S.C2H6/c1-12(2,3)18-11(17)16-7-5-15(6-8-16)10(19-4)14-9-13;1-2/h5-8H2,1-4H3;1-2H3. The minimum atomic E-state index is -0.471. The molecule has 1 saturated heterocycles. The highest BCUT2D eigenvalue weighted by molar-refractivity contribution is 8.13. The Morgan fingerprint density at radius 3 is 2.05 bits per heavy atom. The molecule has 7 heteroatoms. The van der Waals surface area contributed by atoms with Crippen LogP contribution >= 0.6 is 11.8 Å². The molecule has 1 heterocycles. The molecule has 0 radical (unpaired) electrons. The summed E-state index contributed by atoms with van der Waals surface area (Å²) in [4.78, 5) is 19.4. The van der Waals surface area contributed by atoms with Gasteiger partial charge < -0.3 is 14.5 Å². The van der Waals surface area contributed by atoms with Crippen molar-refractivity contribution >= 4 is 23.0 Å². The van der Waals surface area contributed by atoms with E-state index in [1.165, 1.54) is 11.8 Å². The van der Waals surface area contributed by atoms with Gasteiger partial charge in [-0.2, -0.15) is 5.26 Å². The Bertz CT molecular complexity index is 391. The Kier molecular flexibility index (Phi) is 8.86. The summed E-state index contributed by atoms with van der Waals surface area (Å²) in [6.07, 6.45) is 3.40. The molecule has 120 valence electrons. The summed E-state index contributed by atoms with van der Waals surface area (Å²) in [5.74, 6) is 0. The lowest BCUT2D eigenvalue weighted by Gasteiger charge is -2.36. The predicted molar refractivity (Wildman–Crippen MR) is 87.3 cm³/mol. The van der Waals surface area contributed by atoms with Gasteiger partial charge in [0.05, 0.1) is 0 Å². The van der Waals surface area contributed by atoms with Crippen LogP contribution in [0.25, 0.3) is 0 Å². The van der Waals surface area contributed by atoms with E-state index in [0.29, 0.717) is 31.3 Å². The van der Waals surface area contributed by atoms with Crippen molar-refractivity contribution < 1.29 is 9.53 Å². The molecule has 1 fully saturated rings. The number of thioether (sulfide) groups is 1. The molecule has 1 aliphatic rings. The van der Waals surface area contributed by atoms with E-state index in [1.54, 1.807) is 11.1 Å². The third-order valence-corrected chi connectivity index (χ3v) is 3.24. The number of carbonyl (C=O) groups is 1. The SMILES string of the molecule is CC.CSC(=NC#N)N1CCN(C(=O)OC(C)(C)C)CC1. The molecule has 0 unspecified atom stereocenters. The molecule has 0 aliphatic carbocycles. The van der Waals surface area contributed by atoms with Crippen molar-refractivity contribution in [3.05, 3.63) is 0 Å². The van der Waals surface area contributed by atoms with Crippen LogP contribution in [0.5, 0.6) is 0 Å². The molecule has 21 heavy (non-hydrogen) atoms. The van der Waals surface area contributed by atoms with Crippen LogP contribution in [-0.4, -0.2) is 59.1 Å². The molecule has 1 rings (SSSR count). The molecular formula is C14H26N4O2S. The summed E-state index contributed by atoms with van der Waals surface area (Å²) in [5, 5.41) is 9.30. The van der Waals surface area contributed by atoms with Gasteiger partial charge in [-0.05, 0) is 27.0 Å². The number of piperazine rings is 1. The average Bonchev–Trinajstić information content (AvgIpc) is 2.45. The van der Waals surface area contributed by atoms with Crippen molar-refractivity contribution in [1.29, 1.82) is 5.26 Å². The fraction of sp³-hybridized carbons (Fsp3) is 0.786. The van der Waals surface area contributed by atoms with Crippen LogP contribution in [0.3, 0.4) is 0 Å². The third kappa shape index (κ3) is 7.23. The van der Waals surface area contributed by atoms with E-state index in [2.05, 4.69) is 4.99 Å². The normalized spacial score (nSPS) is 15.8. The van der Waals surface area contributed by atoms with Gasteiger partial charge in [0.15, 0.2) is 5.17 Å². The zero-order chi connectivity index (χ0) is 16.5. The molecule has 1 aliphatic heterocycles. The van der Waals surface area contributed by atoms with Crippen LogP contribution in [0.4, 0.5) is 4.79 Å². The first-order chi connectivity index (χ1) is 9.87. The van der Waals surface area contributed by atoms with Crippen LogP contribution in [0, 0.1) is 11.5 Å². The van der Waals surface area contributed by atoms with E-state index >= 15 is 0 Å². The highest BCUT2D eigenvalue weighted by Crippen LogP contribution is 2.14. The lowest BCUT2D eigenvalue weighted by atomic mass is 10.2. The van der Waals surface area contributed by atoms with E-state index < -0.39 is 5.60 Å². The van der Waals surface area contributed by atoms with Crippen molar-refractivity contribution in [2.24, 2.45) is 4.99 Å². The van der Waals surface area contributed by atoms with Crippen molar-refractivity contribution in [2.75, 3.05) is 32.4 Å². The first-order valence-corrected chi connectivity index (χ1v) is 8.33. The molecule has 0 aromatic rings. The fourth-order valence-electron chi connectivity index (χ4n) is 1.70. The molecule has 0 spiro atoms. The number of nitrogens with zero attached hydrogens (tertiary/aromatic N) is 4. The van der Waals surface area contributed by atoms with Gasteiger partial charge in [0.25, 0.3) is 0 Å². The van der Waals surface area contributed by atoms with Crippen molar-refractivity contribution in [3.8, 4) is 6.19 Å². The summed E-state index contributed by atoms with van der Waals surface area (Å²) in [6, 6.07) is 0. The molecule has 0 N–H and O–H groups in total. The Hall–Kier alpha value is -1.42. The zero-order valence-electron chi connectivity index (χ0n) is 13.8. The second-order valence-electron chi connectivity index (χ2n) is 5.15. The van der Waals surface area contributed by atoms with E-state index in [-0.39, 0.29) is 6.09 Å². The summed E-state index contributed by atoms with van der Waals surface area (Å²) in [7, 11) is 0. The largest absolute Gasteiger partial charge is 0.444 e. The topological polar surface area (TPSA) is 68.9 Å². The molecule has 0 aromatic heterocycles. The number of amidine groups is 1. The predicted octanol–water partition coefficient (Wildman–Crippen LogP) is 2.77. The van der Waals surface area contributed by atoms with Crippen LogP contribution in [0.1, 0.15) is 34.6 Å². The fourth-order valence-corrected chi connectivity index (χ4v) is 2.27. The number of carbonyl (C=O) groups excluding carboxylic acids is 1. The maximum atomic E-state index is 11.9. The van der Waals surface area contributed by atoms with Gasteiger partial charge in [-0.3, -0.25) is 0 Å². The summed E-state index contributed by atoms with van der Waals surface area (Å²) >= 11 is 1.44. The van der Waals surface area contributed by atoms with Gasteiger partial charge in [-0.15, -0.1) is 4.99 Å². The highest BCUT2D eigenvalue weighted by atomic mass is 32.2. The second-order valence-corrected chi connectivity index (χ2v) is 5.93. The molecule has 6 nitrogen and oxygen atoms in total. The number of hydrogen-bond donors (Lipinski definition) is 0. The van der Waals surface area contributed by atoms with Gasteiger partial charge in [-0.1, -0.05) is 25.6 Å². The quantitative estimate of drug-likeness (QED) is 0.391. The van der Waals surface area contributed by atoms with Crippen LogP contribution in [-0.2, 0) is 4.74 Å². The first kappa shape index (κ1) is 19.6. The summed E-state index contributed by atoms with van der Waals surface area (Å²) < 4.78 is 5.33. The Morgan fingerprint density at radius 2 is 1.67 bits per heavy atom. The van der Waals surface area contributed by atoms with Gasteiger partial charge in [0, 0.05) is 26.2 Å². The van der Waals surface area contributed by atoms with Gasteiger partial charge in [0.1, 0.15) is 5.60 Å². The molecule has 0 bridgehead atoms. The maximum Gasteiger partial charge on any atom is 0.410 e. The van der Waals surface area contributed by atoms with Crippen LogP contribution < -0.4 is 0 Å². The van der Waals surface area contributed by atoms with E-state index in [4.69, 9.17) is 10.00 Å². The highest BCUT2D eigenvalue weighted by Gasteiger charge is 2.26. The molecular weight excluding hydrogens is 288 g/mol. The van der Waals surface area contributed by atoms with E-state index in [1.807, 2.05) is 45.8 Å². The number of amides is 1. The zero-order valence-corrected chi connectivity index (χ0v) is 14.7. The van der Waals surface area contributed by atoms with Crippen LogP contribution in [0.15, 0.2) is 4.99 Å². The van der Waals surface area contributed by atoms with E-state index in [9.17, 15) is 4.79 Å². The molecule has 0 aromatic carbocycles. The lowest BCUT2D eigenvalue weighted by molar-refractivity contribution is 0.0188. The number of hydrogen-bond acceptors (Lipinski definition) is 5. The van der Waals surface area contributed by atoms with Crippen molar-refractivity contribution in [1.82, 2.24) is 9.80 Å². The van der Waals surface area contributed by atoms with E-state index in [0.717, 1.165) is 0 Å². The van der Waals surface area contributed by atoms with Gasteiger partial charge >= 0.3 is 6.09 Å². The minimum Gasteiger partial charge on any atom is -0.444 e. The number of rotatable bonds is 0. The average molecular weight is 314 g/mol.